The molecule has 13 nitrogen and oxygen atoms in total. The van der Waals surface area contributed by atoms with Crippen molar-refractivity contribution in [2.75, 3.05) is 13.2 Å². The summed E-state index contributed by atoms with van der Waals surface area (Å²) in [6, 6.07) is 2.60. The van der Waals surface area contributed by atoms with Gasteiger partial charge < -0.3 is 25.6 Å². The van der Waals surface area contributed by atoms with Gasteiger partial charge in [-0.2, -0.15) is 0 Å². The molecule has 0 radical (unpaired) electrons. The van der Waals surface area contributed by atoms with Crippen LogP contribution in [0.5, 0.6) is 5.75 Å². The summed E-state index contributed by atoms with van der Waals surface area (Å²) in [6.45, 7) is 9.67. The van der Waals surface area contributed by atoms with Crippen LogP contribution in [-0.2, 0) is 35.6 Å². The van der Waals surface area contributed by atoms with Gasteiger partial charge in [0, 0.05) is 31.3 Å². The number of nitrogens with zero attached hydrogens (tertiary/aromatic N) is 1. The molecule has 3 saturated carbocycles. The van der Waals surface area contributed by atoms with Crippen LogP contribution in [0.1, 0.15) is 81.6 Å². The Balaban J connectivity index is 1.24. The number of benzene rings is 1. The second-order valence-electron chi connectivity index (χ2n) is 15.0. The Morgan fingerprint density at radius 3 is 2.48 bits per heavy atom. The summed E-state index contributed by atoms with van der Waals surface area (Å²) in [5.41, 5.74) is -0.981. The molecule has 1 aromatic carbocycles. The van der Waals surface area contributed by atoms with E-state index in [0.717, 1.165) is 18.4 Å². The van der Waals surface area contributed by atoms with Gasteiger partial charge >= 0.3 is 0 Å². The molecule has 2 heterocycles. The second kappa shape index (κ2) is 12.5. The van der Waals surface area contributed by atoms with Crippen molar-refractivity contribution >= 4 is 39.6 Å². The van der Waals surface area contributed by atoms with Crippen molar-refractivity contribution in [3.63, 3.8) is 0 Å². The van der Waals surface area contributed by atoms with E-state index < -0.39 is 73.9 Å². The zero-order valence-electron chi connectivity index (χ0n) is 27.7. The molecule has 5 atom stereocenters. The highest BCUT2D eigenvalue weighted by Crippen LogP contribution is 2.45. The van der Waals surface area contributed by atoms with Gasteiger partial charge in [-0.05, 0) is 61.5 Å². The Kier molecular flexibility index (Phi) is 8.84. The molecule has 2 aliphatic heterocycles. The minimum absolute atomic E-state index is 0.0240. The molecule has 0 bridgehead atoms. The zero-order chi connectivity index (χ0) is 34.6. The van der Waals surface area contributed by atoms with E-state index in [-0.39, 0.29) is 25.3 Å². The zero-order valence-corrected chi connectivity index (χ0v) is 28.5. The van der Waals surface area contributed by atoms with E-state index >= 15 is 0 Å². The number of hydrogen-bond acceptors (Lipinski definition) is 8. The van der Waals surface area contributed by atoms with Crippen LogP contribution >= 0.6 is 0 Å². The Morgan fingerprint density at radius 1 is 1.12 bits per heavy atom. The molecular weight excluding hydrogens is 638 g/mol. The van der Waals surface area contributed by atoms with Gasteiger partial charge in [-0.25, -0.2) is 8.42 Å². The Labute approximate surface area is 281 Å². The minimum atomic E-state index is -3.88. The summed E-state index contributed by atoms with van der Waals surface area (Å²) < 4.78 is 33.1. The van der Waals surface area contributed by atoms with E-state index in [1.165, 1.54) is 11.0 Å². The van der Waals surface area contributed by atoms with Crippen LogP contribution in [0, 0.1) is 17.3 Å². The number of hydrogen-bond donors (Lipinski definition) is 4. The first-order chi connectivity index (χ1) is 22.6. The van der Waals surface area contributed by atoms with Crippen molar-refractivity contribution in [2.45, 2.75) is 101 Å². The first-order valence-corrected chi connectivity index (χ1v) is 18.3. The van der Waals surface area contributed by atoms with Crippen molar-refractivity contribution in [3.8, 4) is 5.75 Å². The van der Waals surface area contributed by atoms with Gasteiger partial charge in [0.05, 0.1) is 17.4 Å². The molecule has 3 aliphatic carbocycles. The summed E-state index contributed by atoms with van der Waals surface area (Å²) in [4.78, 5) is 69.6. The van der Waals surface area contributed by atoms with Gasteiger partial charge in [-0.3, -0.25) is 28.7 Å². The van der Waals surface area contributed by atoms with Crippen LogP contribution < -0.4 is 25.4 Å². The standard InChI is InChI=1S/C34H45N5O8S/c1-5-21-17-34(21,32(44)38-48(45,46)23-11-12-23)37-30(42)25-16-22(35-29(41)24-8-6-7-20-13-14-47-27(20)24)18-39(25)31(43)28(33(2,3)4)36-26(40)15-19-9-10-19/h5-8,19,21-23,25,28H,1,9-18H2,2-4H3,(H,35,41)(H,36,40)(H,37,42)(H,38,44)/t21?,22-,25+,28-,34?/m1/s1. The summed E-state index contributed by atoms with van der Waals surface area (Å²) >= 11 is 0. The topological polar surface area (TPSA) is 180 Å². The van der Waals surface area contributed by atoms with Crippen molar-refractivity contribution in [1.82, 2.24) is 25.6 Å². The van der Waals surface area contributed by atoms with Gasteiger partial charge in [0.2, 0.25) is 27.7 Å². The summed E-state index contributed by atoms with van der Waals surface area (Å²) in [7, 11) is -3.88. The van der Waals surface area contributed by atoms with Gasteiger partial charge in [-0.15, -0.1) is 6.58 Å². The van der Waals surface area contributed by atoms with Crippen molar-refractivity contribution in [3.05, 3.63) is 42.0 Å². The molecular formula is C34H45N5O8S. The van der Waals surface area contributed by atoms with E-state index in [4.69, 9.17) is 4.74 Å². The summed E-state index contributed by atoms with van der Waals surface area (Å²) in [6.07, 6.45) is 5.54. The van der Waals surface area contributed by atoms with Gasteiger partial charge in [-0.1, -0.05) is 39.0 Å². The van der Waals surface area contributed by atoms with Gasteiger partial charge in [0.25, 0.3) is 11.8 Å². The maximum atomic E-state index is 14.3. The fourth-order valence-corrected chi connectivity index (χ4v) is 8.09. The second-order valence-corrected chi connectivity index (χ2v) is 17.0. The first-order valence-electron chi connectivity index (χ1n) is 16.8. The average Bonchev–Trinajstić information content (AvgIpc) is 3.97. The number of para-hydroxylation sites is 1. The lowest BCUT2D eigenvalue weighted by Crippen LogP contribution is -2.60. The fraction of sp³-hybridized carbons (Fsp3) is 0.618. The minimum Gasteiger partial charge on any atom is -0.492 e. The van der Waals surface area contributed by atoms with Crippen LogP contribution in [0.3, 0.4) is 0 Å². The number of amides is 5. The third kappa shape index (κ3) is 6.94. The molecule has 1 saturated heterocycles. The molecule has 260 valence electrons. The van der Waals surface area contributed by atoms with Gasteiger partial charge in [0.15, 0.2) is 0 Å². The molecule has 2 unspecified atom stereocenters. The SMILES string of the molecule is C=CC1CC1(NC(=O)[C@@H]1C[C@@H](NC(=O)c2cccc3c2OCC3)CN1C(=O)[C@@H](NC(=O)CC1CC1)C(C)(C)C)C(=O)NS(=O)(=O)C1CC1. The predicted molar refractivity (Wildman–Crippen MR) is 175 cm³/mol. The van der Waals surface area contributed by atoms with E-state index in [1.54, 1.807) is 12.1 Å². The number of carbonyl (C=O) groups excluding carboxylic acids is 5. The maximum Gasteiger partial charge on any atom is 0.259 e. The first kappa shape index (κ1) is 33.9. The number of carbonyl (C=O) groups is 5. The average molecular weight is 684 g/mol. The number of likely N-dealkylation sites (tertiary alicyclic amines) is 1. The van der Waals surface area contributed by atoms with Crippen molar-refractivity contribution in [2.24, 2.45) is 17.3 Å². The summed E-state index contributed by atoms with van der Waals surface area (Å²) in [5.74, 6) is -2.34. The van der Waals surface area contributed by atoms with Crippen LogP contribution in [0.15, 0.2) is 30.9 Å². The molecule has 5 aliphatic rings. The molecule has 4 fully saturated rings. The lowest BCUT2D eigenvalue weighted by atomic mass is 9.85. The normalized spacial score (nSPS) is 26.8. The van der Waals surface area contributed by atoms with Crippen LogP contribution in [0.25, 0.3) is 0 Å². The molecule has 48 heavy (non-hydrogen) atoms. The molecule has 0 spiro atoms. The smallest absolute Gasteiger partial charge is 0.259 e. The fourth-order valence-electron chi connectivity index (χ4n) is 6.73. The Bertz CT molecular complexity index is 1650. The highest BCUT2D eigenvalue weighted by Gasteiger charge is 2.62. The highest BCUT2D eigenvalue weighted by molar-refractivity contribution is 7.91. The van der Waals surface area contributed by atoms with E-state index in [0.29, 0.717) is 49.5 Å². The number of nitrogens with one attached hydrogen (secondary N) is 4. The number of fused-ring (bicyclic) bond motifs is 1. The summed E-state index contributed by atoms with van der Waals surface area (Å²) in [5, 5.41) is 8.00. The number of sulfonamides is 1. The predicted octanol–water partition coefficient (Wildman–Crippen LogP) is 1.32. The van der Waals surface area contributed by atoms with Gasteiger partial charge in [0.1, 0.15) is 23.4 Å². The molecule has 1 aromatic rings. The molecule has 6 rings (SSSR count). The molecule has 0 aromatic heterocycles. The monoisotopic (exact) mass is 683 g/mol. The van der Waals surface area contributed by atoms with E-state index in [2.05, 4.69) is 27.3 Å². The number of ether oxygens (including phenoxy) is 1. The third-order valence-electron chi connectivity index (χ3n) is 10.0. The Morgan fingerprint density at radius 2 is 1.85 bits per heavy atom. The molecule has 5 amide bonds. The van der Waals surface area contributed by atoms with Crippen LogP contribution in [0.4, 0.5) is 0 Å². The maximum absolute atomic E-state index is 14.3. The Hall–Kier alpha value is -3.94. The lowest BCUT2D eigenvalue weighted by Gasteiger charge is -2.35. The highest BCUT2D eigenvalue weighted by atomic mass is 32.2. The van der Waals surface area contributed by atoms with E-state index in [9.17, 15) is 32.4 Å². The van der Waals surface area contributed by atoms with E-state index in [1.807, 2.05) is 26.8 Å². The van der Waals surface area contributed by atoms with Crippen molar-refractivity contribution < 1.29 is 37.1 Å². The third-order valence-corrected chi connectivity index (χ3v) is 11.8. The number of rotatable bonds is 12. The molecule has 4 N–H and O–H groups in total. The largest absolute Gasteiger partial charge is 0.492 e. The van der Waals surface area contributed by atoms with Crippen LogP contribution in [-0.4, -0.2) is 84.9 Å². The lowest BCUT2D eigenvalue weighted by molar-refractivity contribution is -0.144. The van der Waals surface area contributed by atoms with Crippen molar-refractivity contribution in [1.29, 1.82) is 0 Å². The quantitative estimate of drug-likeness (QED) is 0.238. The molecule has 14 heteroatoms. The van der Waals surface area contributed by atoms with Crippen LogP contribution in [0.2, 0.25) is 0 Å².